The van der Waals surface area contributed by atoms with Gasteiger partial charge < -0.3 is 0 Å². The lowest BCUT2D eigenvalue weighted by atomic mass is 10.00. The van der Waals surface area contributed by atoms with Crippen LogP contribution in [0.15, 0.2) is 18.2 Å². The minimum atomic E-state index is 1.04. The molecule has 0 atom stereocenters. The first-order chi connectivity index (χ1) is 7.33. The summed E-state index contributed by atoms with van der Waals surface area (Å²) in [6.45, 7) is 2.10. The molecule has 15 heavy (non-hydrogen) atoms. The van der Waals surface area contributed by atoms with Crippen LogP contribution in [0.2, 0.25) is 0 Å². The van der Waals surface area contributed by atoms with Gasteiger partial charge in [0.15, 0.2) is 0 Å². The van der Waals surface area contributed by atoms with E-state index in [9.17, 15) is 0 Å². The second-order valence-corrected chi connectivity index (χ2v) is 4.32. The number of nitrogens with zero attached hydrogens (tertiary/aromatic N) is 2. The van der Waals surface area contributed by atoms with Gasteiger partial charge in [-0.1, -0.05) is 6.07 Å². The number of benzene rings is 1. The van der Waals surface area contributed by atoms with Gasteiger partial charge in [0.2, 0.25) is 0 Å². The Morgan fingerprint density at radius 3 is 2.33 bits per heavy atom. The SMILES string of the molecule is Cc1ccc2nc3c(nc2c1)CCCC3. The molecule has 1 aromatic heterocycles. The summed E-state index contributed by atoms with van der Waals surface area (Å²) in [7, 11) is 0. The van der Waals surface area contributed by atoms with Crippen LogP contribution in [0.1, 0.15) is 29.8 Å². The Morgan fingerprint density at radius 1 is 0.933 bits per heavy atom. The topological polar surface area (TPSA) is 25.8 Å². The van der Waals surface area contributed by atoms with Crippen LogP contribution < -0.4 is 0 Å². The second-order valence-electron chi connectivity index (χ2n) is 4.32. The maximum atomic E-state index is 4.71. The van der Waals surface area contributed by atoms with Crippen LogP contribution in [0, 0.1) is 6.92 Å². The van der Waals surface area contributed by atoms with Gasteiger partial charge in [0.25, 0.3) is 0 Å². The maximum Gasteiger partial charge on any atom is 0.0893 e. The Bertz CT molecular complexity index is 517. The molecule has 0 bridgehead atoms. The summed E-state index contributed by atoms with van der Waals surface area (Å²) in [4.78, 5) is 9.41. The molecule has 1 aliphatic carbocycles. The van der Waals surface area contributed by atoms with Crippen molar-refractivity contribution >= 4 is 11.0 Å². The van der Waals surface area contributed by atoms with Gasteiger partial charge in [0, 0.05) is 0 Å². The van der Waals surface area contributed by atoms with Crippen LogP contribution in [0.25, 0.3) is 11.0 Å². The van der Waals surface area contributed by atoms with Gasteiger partial charge in [0.1, 0.15) is 0 Å². The van der Waals surface area contributed by atoms with Crippen molar-refractivity contribution in [2.24, 2.45) is 0 Å². The number of hydrogen-bond acceptors (Lipinski definition) is 2. The lowest BCUT2D eigenvalue weighted by Gasteiger charge is -2.14. The van der Waals surface area contributed by atoms with Crippen LogP contribution in [0.3, 0.4) is 0 Å². The molecule has 0 saturated carbocycles. The van der Waals surface area contributed by atoms with Gasteiger partial charge in [-0.05, 0) is 50.3 Å². The predicted molar refractivity (Wildman–Crippen MR) is 60.9 cm³/mol. The fraction of sp³-hybridized carbons (Fsp3) is 0.385. The van der Waals surface area contributed by atoms with Gasteiger partial charge in [-0.25, -0.2) is 9.97 Å². The highest BCUT2D eigenvalue weighted by atomic mass is 14.8. The summed E-state index contributed by atoms with van der Waals surface area (Å²) in [6.07, 6.45) is 4.73. The van der Waals surface area contributed by atoms with E-state index in [1.165, 1.54) is 29.8 Å². The molecule has 0 saturated heterocycles. The highest BCUT2D eigenvalue weighted by Crippen LogP contribution is 2.21. The molecule has 0 N–H and O–H groups in total. The van der Waals surface area contributed by atoms with E-state index in [0.717, 1.165) is 23.9 Å². The smallest absolute Gasteiger partial charge is 0.0893 e. The summed E-state index contributed by atoms with van der Waals surface area (Å²) >= 11 is 0. The number of fused-ring (bicyclic) bond motifs is 2. The second kappa shape index (κ2) is 3.30. The van der Waals surface area contributed by atoms with Crippen LogP contribution in [0.4, 0.5) is 0 Å². The van der Waals surface area contributed by atoms with Gasteiger partial charge in [0.05, 0.1) is 22.4 Å². The van der Waals surface area contributed by atoms with Crippen molar-refractivity contribution in [3.63, 3.8) is 0 Å². The summed E-state index contributed by atoms with van der Waals surface area (Å²) in [6, 6.07) is 6.30. The Balaban J connectivity index is 2.26. The third-order valence-corrected chi connectivity index (χ3v) is 3.05. The third-order valence-electron chi connectivity index (χ3n) is 3.05. The summed E-state index contributed by atoms with van der Waals surface area (Å²) in [5, 5.41) is 0. The van der Waals surface area contributed by atoms with Crippen LogP contribution in [0.5, 0.6) is 0 Å². The van der Waals surface area contributed by atoms with Crippen molar-refractivity contribution < 1.29 is 0 Å². The van der Waals surface area contributed by atoms with Crippen molar-refractivity contribution in [1.29, 1.82) is 0 Å². The number of hydrogen-bond donors (Lipinski definition) is 0. The Hall–Kier alpha value is -1.44. The van der Waals surface area contributed by atoms with Gasteiger partial charge >= 0.3 is 0 Å². The van der Waals surface area contributed by atoms with E-state index in [1.807, 2.05) is 0 Å². The van der Waals surface area contributed by atoms with Crippen molar-refractivity contribution in [1.82, 2.24) is 9.97 Å². The number of aromatic nitrogens is 2. The van der Waals surface area contributed by atoms with Crippen molar-refractivity contribution in [3.05, 3.63) is 35.2 Å². The van der Waals surface area contributed by atoms with E-state index in [1.54, 1.807) is 0 Å². The average molecular weight is 198 g/mol. The highest BCUT2D eigenvalue weighted by molar-refractivity contribution is 5.75. The zero-order valence-electron chi connectivity index (χ0n) is 8.95. The molecule has 2 aromatic rings. The van der Waals surface area contributed by atoms with Crippen LogP contribution >= 0.6 is 0 Å². The third kappa shape index (κ3) is 1.50. The molecule has 3 rings (SSSR count). The first kappa shape index (κ1) is 8.84. The Labute approximate surface area is 89.4 Å². The standard InChI is InChI=1S/C13H14N2/c1-9-6-7-12-13(8-9)15-11-5-3-2-4-10(11)14-12/h6-8H,2-5H2,1H3. The van der Waals surface area contributed by atoms with E-state index in [2.05, 4.69) is 25.1 Å². The number of aryl methyl sites for hydroxylation is 3. The zero-order chi connectivity index (χ0) is 10.3. The van der Waals surface area contributed by atoms with Gasteiger partial charge in [-0.2, -0.15) is 0 Å². The van der Waals surface area contributed by atoms with Crippen LogP contribution in [-0.2, 0) is 12.8 Å². The summed E-state index contributed by atoms with van der Waals surface area (Å²) < 4.78 is 0. The number of rotatable bonds is 0. The van der Waals surface area contributed by atoms with E-state index in [0.29, 0.717) is 0 Å². The molecule has 2 heteroatoms. The molecule has 2 nitrogen and oxygen atoms in total. The largest absolute Gasteiger partial charge is 0.249 e. The van der Waals surface area contributed by atoms with E-state index < -0.39 is 0 Å². The predicted octanol–water partition coefficient (Wildman–Crippen LogP) is 2.82. The summed E-state index contributed by atoms with van der Waals surface area (Å²) in [5.74, 6) is 0. The average Bonchev–Trinajstić information content (AvgIpc) is 2.26. The molecule has 1 aliphatic rings. The van der Waals surface area contributed by atoms with E-state index >= 15 is 0 Å². The highest BCUT2D eigenvalue weighted by Gasteiger charge is 2.12. The Kier molecular flexibility index (Phi) is 1.94. The molecule has 0 aliphatic heterocycles. The van der Waals surface area contributed by atoms with Crippen molar-refractivity contribution in [2.45, 2.75) is 32.6 Å². The molecule has 0 amide bonds. The lowest BCUT2D eigenvalue weighted by Crippen LogP contribution is -2.08. The fourth-order valence-electron chi connectivity index (χ4n) is 2.22. The normalized spacial score (nSPS) is 15.3. The quantitative estimate of drug-likeness (QED) is 0.650. The molecular formula is C13H14N2. The van der Waals surface area contributed by atoms with E-state index in [-0.39, 0.29) is 0 Å². The van der Waals surface area contributed by atoms with Gasteiger partial charge in [-0.15, -0.1) is 0 Å². The first-order valence-corrected chi connectivity index (χ1v) is 5.59. The monoisotopic (exact) mass is 198 g/mol. The van der Waals surface area contributed by atoms with Crippen LogP contribution in [-0.4, -0.2) is 9.97 Å². The van der Waals surface area contributed by atoms with Gasteiger partial charge in [-0.3, -0.25) is 0 Å². The molecule has 0 unspecified atom stereocenters. The fourth-order valence-corrected chi connectivity index (χ4v) is 2.22. The minimum Gasteiger partial charge on any atom is -0.249 e. The molecule has 1 heterocycles. The zero-order valence-corrected chi connectivity index (χ0v) is 8.95. The lowest BCUT2D eigenvalue weighted by molar-refractivity contribution is 0.655. The van der Waals surface area contributed by atoms with Crippen molar-refractivity contribution in [2.75, 3.05) is 0 Å². The first-order valence-electron chi connectivity index (χ1n) is 5.59. The maximum absolute atomic E-state index is 4.71. The minimum absolute atomic E-state index is 1.04. The molecule has 0 fully saturated rings. The van der Waals surface area contributed by atoms with E-state index in [4.69, 9.17) is 9.97 Å². The van der Waals surface area contributed by atoms with Crippen molar-refractivity contribution in [3.8, 4) is 0 Å². The molecule has 0 spiro atoms. The molecule has 1 aromatic carbocycles. The molecule has 0 radical (unpaired) electrons. The Morgan fingerprint density at radius 2 is 1.60 bits per heavy atom. The molecular weight excluding hydrogens is 184 g/mol. The summed E-state index contributed by atoms with van der Waals surface area (Å²) in [5.41, 5.74) is 5.79. The molecule has 76 valence electrons.